The molecule has 0 spiro atoms. The molecule has 16 heavy (non-hydrogen) atoms. The second kappa shape index (κ2) is 5.90. The zero-order valence-electron chi connectivity index (χ0n) is 9.99. The van der Waals surface area contributed by atoms with Crippen LogP contribution in [0.3, 0.4) is 0 Å². The van der Waals surface area contributed by atoms with Crippen molar-refractivity contribution in [2.45, 2.75) is 44.8 Å². The van der Waals surface area contributed by atoms with Gasteiger partial charge in [0.1, 0.15) is 11.9 Å². The smallest absolute Gasteiger partial charge is 0.119 e. The molecule has 2 atom stereocenters. The average molecular weight is 219 g/mol. The van der Waals surface area contributed by atoms with Crippen molar-refractivity contribution >= 4 is 0 Å². The molecule has 2 unspecified atom stereocenters. The fraction of sp³-hybridized carbons (Fsp3) is 0.571. The molecule has 0 saturated carbocycles. The third-order valence-corrected chi connectivity index (χ3v) is 3.23. The minimum absolute atomic E-state index is 0.250. The number of nitrogens with one attached hydrogen (secondary N) is 1. The fourth-order valence-corrected chi connectivity index (χ4v) is 2.25. The summed E-state index contributed by atoms with van der Waals surface area (Å²) in [6.07, 6.45) is 5.45. The van der Waals surface area contributed by atoms with E-state index in [2.05, 4.69) is 12.2 Å². The Balaban J connectivity index is 1.89. The summed E-state index contributed by atoms with van der Waals surface area (Å²) in [5, 5.41) is 3.58. The van der Waals surface area contributed by atoms with Crippen molar-refractivity contribution in [1.29, 1.82) is 0 Å². The first-order valence-electron chi connectivity index (χ1n) is 6.31. The minimum atomic E-state index is 0.250. The summed E-state index contributed by atoms with van der Waals surface area (Å²) >= 11 is 0. The van der Waals surface area contributed by atoms with E-state index in [1.165, 1.54) is 25.7 Å². The highest BCUT2D eigenvalue weighted by atomic mass is 16.5. The third kappa shape index (κ3) is 3.24. The first-order chi connectivity index (χ1) is 7.86. The fourth-order valence-electron chi connectivity index (χ4n) is 2.25. The largest absolute Gasteiger partial charge is 0.489 e. The standard InChI is InChI=1S/C14H21NO/c1-12(14-10-6-3-7-11-15-14)16-13-8-4-2-5-9-13/h2,4-5,8-9,12,14-15H,3,6-7,10-11H2,1H3. The van der Waals surface area contributed by atoms with Crippen LogP contribution in [-0.4, -0.2) is 18.7 Å². The second-order valence-corrected chi connectivity index (χ2v) is 4.55. The van der Waals surface area contributed by atoms with Gasteiger partial charge in [0.25, 0.3) is 0 Å². The molecule has 1 N–H and O–H groups in total. The molecule has 1 aliphatic rings. The number of hydrogen-bond donors (Lipinski definition) is 1. The predicted octanol–water partition coefficient (Wildman–Crippen LogP) is 2.99. The quantitative estimate of drug-likeness (QED) is 0.844. The Labute approximate surface area is 98.0 Å². The van der Waals surface area contributed by atoms with Crippen LogP contribution in [0, 0.1) is 0 Å². The van der Waals surface area contributed by atoms with E-state index in [0.717, 1.165) is 12.3 Å². The third-order valence-electron chi connectivity index (χ3n) is 3.23. The lowest BCUT2D eigenvalue weighted by atomic mass is 10.1. The van der Waals surface area contributed by atoms with Gasteiger partial charge in [-0.15, -0.1) is 0 Å². The SMILES string of the molecule is CC(Oc1ccccc1)C1CCCCCN1. The first kappa shape index (κ1) is 11.5. The van der Waals surface area contributed by atoms with Gasteiger partial charge in [-0.1, -0.05) is 31.0 Å². The normalized spacial score (nSPS) is 23.4. The summed E-state index contributed by atoms with van der Waals surface area (Å²) in [5.41, 5.74) is 0. The van der Waals surface area contributed by atoms with E-state index >= 15 is 0 Å². The molecule has 1 aromatic carbocycles. The van der Waals surface area contributed by atoms with Crippen molar-refractivity contribution in [2.24, 2.45) is 0 Å². The highest BCUT2D eigenvalue weighted by Gasteiger charge is 2.19. The van der Waals surface area contributed by atoms with E-state index < -0.39 is 0 Å². The monoisotopic (exact) mass is 219 g/mol. The molecule has 1 fully saturated rings. The van der Waals surface area contributed by atoms with Crippen LogP contribution in [0.4, 0.5) is 0 Å². The van der Waals surface area contributed by atoms with Crippen molar-refractivity contribution in [1.82, 2.24) is 5.32 Å². The second-order valence-electron chi connectivity index (χ2n) is 4.55. The van der Waals surface area contributed by atoms with Crippen LogP contribution < -0.4 is 10.1 Å². The van der Waals surface area contributed by atoms with Crippen LogP contribution in [0.5, 0.6) is 5.75 Å². The molecule has 1 aliphatic heterocycles. The van der Waals surface area contributed by atoms with Gasteiger partial charge >= 0.3 is 0 Å². The number of para-hydroxylation sites is 1. The topological polar surface area (TPSA) is 21.3 Å². The molecule has 0 bridgehead atoms. The maximum absolute atomic E-state index is 5.95. The molecule has 2 heteroatoms. The van der Waals surface area contributed by atoms with E-state index in [1.807, 2.05) is 30.3 Å². The van der Waals surface area contributed by atoms with Crippen molar-refractivity contribution in [2.75, 3.05) is 6.54 Å². The van der Waals surface area contributed by atoms with Crippen molar-refractivity contribution in [3.63, 3.8) is 0 Å². The maximum Gasteiger partial charge on any atom is 0.119 e. The zero-order chi connectivity index (χ0) is 11.2. The Morgan fingerprint density at radius 2 is 2.00 bits per heavy atom. The molecule has 0 amide bonds. The van der Waals surface area contributed by atoms with E-state index in [1.54, 1.807) is 0 Å². The summed E-state index contributed by atoms with van der Waals surface area (Å²) < 4.78 is 5.95. The molecule has 1 heterocycles. The lowest BCUT2D eigenvalue weighted by Gasteiger charge is -2.24. The average Bonchev–Trinajstić information content (AvgIpc) is 2.59. The van der Waals surface area contributed by atoms with E-state index in [4.69, 9.17) is 4.74 Å². The summed E-state index contributed by atoms with van der Waals surface area (Å²) in [5.74, 6) is 0.973. The minimum Gasteiger partial charge on any atom is -0.489 e. The Bertz CT molecular complexity index is 291. The van der Waals surface area contributed by atoms with Gasteiger partial charge in [0.05, 0.1) is 0 Å². The highest BCUT2D eigenvalue weighted by molar-refractivity contribution is 5.21. The van der Waals surface area contributed by atoms with Crippen molar-refractivity contribution < 1.29 is 4.74 Å². The lowest BCUT2D eigenvalue weighted by Crippen LogP contribution is -2.40. The van der Waals surface area contributed by atoms with Gasteiger partial charge < -0.3 is 10.1 Å². The molecule has 2 rings (SSSR count). The van der Waals surface area contributed by atoms with Crippen molar-refractivity contribution in [3.8, 4) is 5.75 Å². The van der Waals surface area contributed by atoms with Gasteiger partial charge in [0, 0.05) is 6.04 Å². The Morgan fingerprint density at radius 3 is 2.81 bits per heavy atom. The van der Waals surface area contributed by atoms with Gasteiger partial charge in [-0.3, -0.25) is 0 Å². The van der Waals surface area contributed by atoms with Crippen LogP contribution in [0.15, 0.2) is 30.3 Å². The first-order valence-corrected chi connectivity index (χ1v) is 6.31. The van der Waals surface area contributed by atoms with Crippen LogP contribution in [0.25, 0.3) is 0 Å². The molecule has 2 nitrogen and oxygen atoms in total. The van der Waals surface area contributed by atoms with Crippen LogP contribution >= 0.6 is 0 Å². The molecule has 0 radical (unpaired) electrons. The van der Waals surface area contributed by atoms with Gasteiger partial charge in [-0.05, 0) is 38.4 Å². The van der Waals surface area contributed by atoms with Gasteiger partial charge in [-0.2, -0.15) is 0 Å². The zero-order valence-corrected chi connectivity index (χ0v) is 9.99. The summed E-state index contributed by atoms with van der Waals surface area (Å²) in [6, 6.07) is 10.6. The molecule has 0 aliphatic carbocycles. The van der Waals surface area contributed by atoms with E-state index in [9.17, 15) is 0 Å². The van der Waals surface area contributed by atoms with Gasteiger partial charge in [0.15, 0.2) is 0 Å². The summed E-state index contributed by atoms with van der Waals surface area (Å²) in [6.45, 7) is 3.29. The van der Waals surface area contributed by atoms with Crippen LogP contribution in [0.1, 0.15) is 32.6 Å². The number of rotatable bonds is 3. The molecule has 88 valence electrons. The van der Waals surface area contributed by atoms with Crippen LogP contribution in [0.2, 0.25) is 0 Å². The maximum atomic E-state index is 5.95. The Hall–Kier alpha value is -1.02. The van der Waals surface area contributed by atoms with E-state index in [0.29, 0.717) is 6.04 Å². The Morgan fingerprint density at radius 1 is 1.19 bits per heavy atom. The molecular weight excluding hydrogens is 198 g/mol. The van der Waals surface area contributed by atoms with E-state index in [-0.39, 0.29) is 6.10 Å². The van der Waals surface area contributed by atoms with Crippen molar-refractivity contribution in [3.05, 3.63) is 30.3 Å². The predicted molar refractivity (Wildman–Crippen MR) is 66.8 cm³/mol. The molecule has 1 saturated heterocycles. The molecule has 0 aromatic heterocycles. The lowest BCUT2D eigenvalue weighted by molar-refractivity contribution is 0.167. The number of benzene rings is 1. The highest BCUT2D eigenvalue weighted by Crippen LogP contribution is 2.17. The van der Waals surface area contributed by atoms with Gasteiger partial charge in [-0.25, -0.2) is 0 Å². The summed E-state index contributed by atoms with van der Waals surface area (Å²) in [7, 11) is 0. The molecular formula is C14H21NO. The number of hydrogen-bond acceptors (Lipinski definition) is 2. The number of ether oxygens (including phenoxy) is 1. The van der Waals surface area contributed by atoms with Gasteiger partial charge in [0.2, 0.25) is 0 Å². The Kier molecular flexibility index (Phi) is 4.23. The summed E-state index contributed by atoms with van der Waals surface area (Å²) in [4.78, 5) is 0. The van der Waals surface area contributed by atoms with Crippen LogP contribution in [-0.2, 0) is 0 Å². The molecule has 1 aromatic rings.